The number of non-ortho nitro benzene ring substituents is 1. The molecule has 6 nitrogen and oxygen atoms in total. The van der Waals surface area contributed by atoms with Gasteiger partial charge in [-0.15, -0.1) is 0 Å². The summed E-state index contributed by atoms with van der Waals surface area (Å²) in [6.07, 6.45) is 0. The molecule has 0 spiro atoms. The van der Waals surface area contributed by atoms with Crippen LogP contribution in [0.5, 0.6) is 11.5 Å². The maximum atomic E-state index is 11.1. The number of nitro benzene ring substituents is 1. The molecule has 0 aliphatic carbocycles. The molecule has 7 heteroatoms. The molecule has 0 radical (unpaired) electrons. The molecular formula is C18H19NO5S. The van der Waals surface area contributed by atoms with Crippen molar-refractivity contribution in [3.05, 3.63) is 63.2 Å². The summed E-state index contributed by atoms with van der Waals surface area (Å²) in [6.45, 7) is 3.11. The number of benzene rings is 2. The highest BCUT2D eigenvalue weighted by Gasteiger charge is 2.20. The molecule has 0 saturated heterocycles. The van der Waals surface area contributed by atoms with Crippen LogP contribution in [-0.2, 0) is 17.1 Å². The number of fused-ring (bicyclic) bond motifs is 1. The highest BCUT2D eigenvalue weighted by Crippen LogP contribution is 2.34. The number of aryl methyl sites for hydroxylation is 1. The molecule has 0 fully saturated rings. The van der Waals surface area contributed by atoms with E-state index in [1.54, 1.807) is 17.8 Å². The normalized spacial score (nSPS) is 13.0. The van der Waals surface area contributed by atoms with E-state index in [2.05, 4.69) is 0 Å². The van der Waals surface area contributed by atoms with Crippen LogP contribution in [-0.4, -0.2) is 24.1 Å². The third-order valence-electron chi connectivity index (χ3n) is 3.82. The number of ether oxygens (including phenoxy) is 3. The van der Waals surface area contributed by atoms with Gasteiger partial charge >= 0.3 is 0 Å². The topological polar surface area (TPSA) is 70.8 Å². The minimum atomic E-state index is -0.385. The molecule has 25 heavy (non-hydrogen) atoms. The Balaban J connectivity index is 1.58. The Labute approximate surface area is 150 Å². The van der Waals surface area contributed by atoms with Gasteiger partial charge in [-0.3, -0.25) is 10.1 Å². The van der Waals surface area contributed by atoms with Crippen molar-refractivity contribution in [2.45, 2.75) is 19.3 Å². The molecule has 0 N–H and O–H groups in total. The first-order chi connectivity index (χ1) is 12.1. The van der Waals surface area contributed by atoms with Crippen LogP contribution >= 0.6 is 11.8 Å². The number of hydrogen-bond donors (Lipinski definition) is 0. The number of thioether (sulfide) groups is 1. The van der Waals surface area contributed by atoms with Gasteiger partial charge in [0.1, 0.15) is 11.5 Å². The fourth-order valence-electron chi connectivity index (χ4n) is 2.60. The lowest BCUT2D eigenvalue weighted by molar-refractivity contribution is -0.385. The number of nitro groups is 1. The van der Waals surface area contributed by atoms with Gasteiger partial charge in [-0.05, 0) is 18.6 Å². The number of para-hydroxylation sites is 1. The Morgan fingerprint density at radius 1 is 1.32 bits per heavy atom. The largest absolute Gasteiger partial charge is 0.492 e. The number of nitrogens with zero attached hydrogens (tertiary/aromatic N) is 1. The number of rotatable bonds is 7. The minimum absolute atomic E-state index is 0.0691. The summed E-state index contributed by atoms with van der Waals surface area (Å²) in [5.41, 5.74) is 2.73. The van der Waals surface area contributed by atoms with Gasteiger partial charge in [0.2, 0.25) is 0 Å². The summed E-state index contributed by atoms with van der Waals surface area (Å²) in [5, 5.41) is 11.1. The maximum absolute atomic E-state index is 11.1. The van der Waals surface area contributed by atoms with Crippen molar-refractivity contribution in [2.24, 2.45) is 0 Å². The fraction of sp³-hybridized carbons (Fsp3) is 0.333. The lowest BCUT2D eigenvalue weighted by atomic mass is 10.1. The van der Waals surface area contributed by atoms with Crippen LogP contribution in [0.4, 0.5) is 5.69 Å². The highest BCUT2D eigenvalue weighted by molar-refractivity contribution is 7.98. The molecule has 1 aliphatic heterocycles. The lowest BCUT2D eigenvalue weighted by Crippen LogP contribution is -2.13. The Morgan fingerprint density at radius 3 is 2.96 bits per heavy atom. The lowest BCUT2D eigenvalue weighted by Gasteiger charge is -2.20. The van der Waals surface area contributed by atoms with Gasteiger partial charge in [-0.2, -0.15) is 11.8 Å². The van der Waals surface area contributed by atoms with Gasteiger partial charge < -0.3 is 14.2 Å². The van der Waals surface area contributed by atoms with E-state index in [0.29, 0.717) is 24.7 Å². The van der Waals surface area contributed by atoms with E-state index in [9.17, 15) is 10.1 Å². The van der Waals surface area contributed by atoms with Gasteiger partial charge in [0.05, 0.1) is 18.1 Å². The molecular weight excluding hydrogens is 342 g/mol. The molecule has 3 rings (SSSR count). The standard InChI is InChI=1S/C18H19NO5S/c1-13-4-2-3-5-17(13)23-6-7-25-11-15-9-16(19(20)21)8-14-10-22-12-24-18(14)15/h2-5,8-9H,6-7,10-12H2,1H3. The van der Waals surface area contributed by atoms with E-state index in [1.165, 1.54) is 6.07 Å². The smallest absolute Gasteiger partial charge is 0.270 e. The zero-order chi connectivity index (χ0) is 17.6. The van der Waals surface area contributed by atoms with E-state index >= 15 is 0 Å². The molecule has 2 aromatic rings. The fourth-order valence-corrected chi connectivity index (χ4v) is 3.38. The van der Waals surface area contributed by atoms with Crippen molar-refractivity contribution in [1.29, 1.82) is 0 Å². The van der Waals surface area contributed by atoms with Crippen LogP contribution in [0.2, 0.25) is 0 Å². The van der Waals surface area contributed by atoms with Crippen molar-refractivity contribution in [1.82, 2.24) is 0 Å². The Kier molecular flexibility index (Phi) is 5.78. The van der Waals surface area contributed by atoms with E-state index in [1.807, 2.05) is 31.2 Å². The SMILES string of the molecule is Cc1ccccc1OCCSCc1cc([N+](=O)[O-])cc2c1OCOC2. The van der Waals surface area contributed by atoms with Crippen molar-refractivity contribution >= 4 is 17.4 Å². The van der Waals surface area contributed by atoms with Crippen molar-refractivity contribution in [3.8, 4) is 11.5 Å². The van der Waals surface area contributed by atoms with E-state index in [4.69, 9.17) is 14.2 Å². The van der Waals surface area contributed by atoms with Gasteiger partial charge in [-0.1, -0.05) is 18.2 Å². The first-order valence-electron chi connectivity index (χ1n) is 7.92. The minimum Gasteiger partial charge on any atom is -0.492 e. The molecule has 0 saturated carbocycles. The van der Waals surface area contributed by atoms with Gasteiger partial charge in [0.15, 0.2) is 6.79 Å². The average molecular weight is 361 g/mol. The predicted molar refractivity (Wildman–Crippen MR) is 96.2 cm³/mol. The first-order valence-corrected chi connectivity index (χ1v) is 9.07. The molecule has 0 unspecified atom stereocenters. The third kappa shape index (κ3) is 4.43. The molecule has 0 bridgehead atoms. The van der Waals surface area contributed by atoms with E-state index in [-0.39, 0.29) is 17.4 Å². The molecule has 0 atom stereocenters. The van der Waals surface area contributed by atoms with Crippen molar-refractivity contribution in [2.75, 3.05) is 19.2 Å². The Morgan fingerprint density at radius 2 is 2.16 bits per heavy atom. The Hall–Kier alpha value is -2.25. The second kappa shape index (κ2) is 8.22. The molecule has 1 aliphatic rings. The summed E-state index contributed by atoms with van der Waals surface area (Å²) >= 11 is 1.66. The zero-order valence-electron chi connectivity index (χ0n) is 13.9. The summed E-state index contributed by atoms with van der Waals surface area (Å²) < 4.78 is 16.5. The van der Waals surface area contributed by atoms with Crippen LogP contribution in [0.15, 0.2) is 36.4 Å². The molecule has 132 valence electrons. The maximum Gasteiger partial charge on any atom is 0.270 e. The first kappa shape index (κ1) is 17.6. The quantitative estimate of drug-likeness (QED) is 0.420. The van der Waals surface area contributed by atoms with Gasteiger partial charge in [0.25, 0.3) is 5.69 Å². The monoisotopic (exact) mass is 361 g/mol. The summed E-state index contributed by atoms with van der Waals surface area (Å²) in [6, 6.07) is 11.0. The Bertz CT molecular complexity index is 765. The summed E-state index contributed by atoms with van der Waals surface area (Å²) in [5.74, 6) is 3.00. The number of hydrogen-bond acceptors (Lipinski definition) is 6. The van der Waals surface area contributed by atoms with Gasteiger partial charge in [-0.25, -0.2) is 0 Å². The van der Waals surface area contributed by atoms with Crippen molar-refractivity contribution < 1.29 is 19.1 Å². The van der Waals surface area contributed by atoms with E-state index in [0.717, 1.165) is 28.2 Å². The van der Waals surface area contributed by atoms with Crippen LogP contribution < -0.4 is 9.47 Å². The average Bonchev–Trinajstić information content (AvgIpc) is 2.62. The summed E-state index contributed by atoms with van der Waals surface area (Å²) in [4.78, 5) is 10.7. The third-order valence-corrected chi connectivity index (χ3v) is 4.79. The molecule has 0 aromatic heterocycles. The van der Waals surface area contributed by atoms with Crippen molar-refractivity contribution in [3.63, 3.8) is 0 Å². The van der Waals surface area contributed by atoms with Crippen LogP contribution in [0, 0.1) is 17.0 Å². The van der Waals surface area contributed by atoms with Crippen LogP contribution in [0.25, 0.3) is 0 Å². The summed E-state index contributed by atoms with van der Waals surface area (Å²) in [7, 11) is 0. The second-order valence-corrected chi connectivity index (χ2v) is 6.73. The van der Waals surface area contributed by atoms with Crippen LogP contribution in [0.3, 0.4) is 0 Å². The second-order valence-electron chi connectivity index (χ2n) is 5.63. The molecule has 0 amide bonds. The van der Waals surface area contributed by atoms with Gasteiger partial charge in [0, 0.05) is 34.8 Å². The molecule has 1 heterocycles. The van der Waals surface area contributed by atoms with Crippen LogP contribution in [0.1, 0.15) is 16.7 Å². The predicted octanol–water partition coefficient (Wildman–Crippen LogP) is 4.08. The van der Waals surface area contributed by atoms with E-state index < -0.39 is 0 Å². The highest BCUT2D eigenvalue weighted by atomic mass is 32.2. The zero-order valence-corrected chi connectivity index (χ0v) is 14.7. The molecule has 2 aromatic carbocycles.